The molecule has 1 aliphatic carbocycles. The third kappa shape index (κ3) is 4.21. The first-order valence-corrected chi connectivity index (χ1v) is 12.4. The second kappa shape index (κ2) is 9.23. The number of para-hydroxylation sites is 1. The Hall–Kier alpha value is -3.17. The van der Waals surface area contributed by atoms with Gasteiger partial charge < -0.3 is 15.3 Å². The Morgan fingerprint density at radius 2 is 1.97 bits per heavy atom. The third-order valence-corrected chi connectivity index (χ3v) is 7.84. The lowest BCUT2D eigenvalue weighted by molar-refractivity contribution is -0.138. The molecule has 174 valence electrons. The number of thioether (sulfide) groups is 1. The van der Waals surface area contributed by atoms with Crippen molar-refractivity contribution in [1.82, 2.24) is 10.2 Å². The number of rotatable bonds is 6. The molecular weight excluding hydrogens is 470 g/mol. The van der Waals surface area contributed by atoms with E-state index in [2.05, 4.69) is 46.6 Å². The fourth-order valence-corrected chi connectivity index (χ4v) is 6.31. The SMILES string of the molecule is O=C(O)CNC(=O)CN1C(=O)/C(=C\c2ccc3c(c2)C2CCCC2N3c2ccccc2)SC1=S. The van der Waals surface area contributed by atoms with Crippen molar-refractivity contribution in [1.29, 1.82) is 0 Å². The van der Waals surface area contributed by atoms with E-state index in [0.29, 0.717) is 16.9 Å². The standard InChI is InChI=1S/C25H23N3O4S2/c29-22(26-13-23(30)31)14-27-24(32)21(34-25(27)33)12-15-9-10-20-18(11-15)17-7-4-8-19(17)28(20)16-5-2-1-3-6-16/h1-3,5-6,9-12,17,19H,4,7-8,13-14H2,(H,26,29)(H,30,31)/b21-12+. The van der Waals surface area contributed by atoms with Gasteiger partial charge in [-0.05, 0) is 54.3 Å². The second-order valence-electron chi connectivity index (χ2n) is 8.57. The minimum atomic E-state index is -1.15. The van der Waals surface area contributed by atoms with E-state index < -0.39 is 18.4 Å². The van der Waals surface area contributed by atoms with Gasteiger partial charge in [-0.3, -0.25) is 19.3 Å². The molecule has 2 N–H and O–H groups in total. The van der Waals surface area contributed by atoms with Crippen molar-refractivity contribution >= 4 is 63.5 Å². The number of carboxylic acid groups (broad SMARTS) is 1. The van der Waals surface area contributed by atoms with E-state index in [4.69, 9.17) is 17.3 Å². The molecular formula is C25H23N3O4S2. The maximum absolute atomic E-state index is 12.9. The van der Waals surface area contributed by atoms with E-state index in [1.54, 1.807) is 0 Å². The van der Waals surface area contributed by atoms with Gasteiger partial charge in [0.1, 0.15) is 17.4 Å². The van der Waals surface area contributed by atoms with Crippen LogP contribution in [0.4, 0.5) is 11.4 Å². The van der Waals surface area contributed by atoms with Gasteiger partial charge in [0.05, 0.1) is 4.91 Å². The predicted octanol–water partition coefficient (Wildman–Crippen LogP) is 3.88. The van der Waals surface area contributed by atoms with Crippen LogP contribution in [-0.4, -0.2) is 51.2 Å². The van der Waals surface area contributed by atoms with Gasteiger partial charge in [-0.1, -0.05) is 54.7 Å². The fourth-order valence-electron chi connectivity index (χ4n) is 5.05. The van der Waals surface area contributed by atoms with Crippen LogP contribution in [0.25, 0.3) is 6.08 Å². The molecule has 2 aromatic carbocycles. The fraction of sp³-hybridized carbons (Fsp3) is 0.280. The highest BCUT2D eigenvalue weighted by atomic mass is 32.2. The summed E-state index contributed by atoms with van der Waals surface area (Å²) in [5, 5.41) is 11.0. The summed E-state index contributed by atoms with van der Waals surface area (Å²) < 4.78 is 0.286. The van der Waals surface area contributed by atoms with E-state index >= 15 is 0 Å². The summed E-state index contributed by atoms with van der Waals surface area (Å²) >= 11 is 6.45. The first-order valence-electron chi connectivity index (χ1n) is 11.1. The molecule has 2 atom stereocenters. The van der Waals surface area contributed by atoms with Crippen molar-refractivity contribution in [2.24, 2.45) is 0 Å². The molecule has 2 heterocycles. The summed E-state index contributed by atoms with van der Waals surface area (Å²) in [5.41, 5.74) is 4.66. The topological polar surface area (TPSA) is 90.0 Å². The van der Waals surface area contributed by atoms with Gasteiger partial charge in [0, 0.05) is 23.3 Å². The maximum atomic E-state index is 12.9. The lowest BCUT2D eigenvalue weighted by atomic mass is 9.96. The highest BCUT2D eigenvalue weighted by Gasteiger charge is 2.42. The van der Waals surface area contributed by atoms with E-state index in [-0.39, 0.29) is 16.8 Å². The summed E-state index contributed by atoms with van der Waals surface area (Å²) in [7, 11) is 0. The van der Waals surface area contributed by atoms with Crippen LogP contribution in [-0.2, 0) is 14.4 Å². The van der Waals surface area contributed by atoms with E-state index in [1.165, 1.54) is 28.3 Å². The molecule has 0 radical (unpaired) electrons. The number of hydrogen-bond acceptors (Lipinski definition) is 6. The first-order chi connectivity index (χ1) is 16.4. The Morgan fingerprint density at radius 1 is 1.18 bits per heavy atom. The Balaban J connectivity index is 1.38. The third-order valence-electron chi connectivity index (χ3n) is 6.47. The molecule has 2 amide bonds. The summed E-state index contributed by atoms with van der Waals surface area (Å²) in [6, 6.07) is 17.2. The second-order valence-corrected chi connectivity index (χ2v) is 10.2. The summed E-state index contributed by atoms with van der Waals surface area (Å²) in [6.45, 7) is -0.796. The van der Waals surface area contributed by atoms with Crippen molar-refractivity contribution in [3.05, 3.63) is 64.6 Å². The molecule has 5 rings (SSSR count). The van der Waals surface area contributed by atoms with Gasteiger partial charge in [-0.2, -0.15) is 0 Å². The number of carbonyl (C=O) groups is 3. The van der Waals surface area contributed by atoms with Crippen molar-refractivity contribution in [3.63, 3.8) is 0 Å². The monoisotopic (exact) mass is 493 g/mol. The minimum Gasteiger partial charge on any atom is -0.480 e. The first kappa shape index (κ1) is 22.6. The van der Waals surface area contributed by atoms with Crippen molar-refractivity contribution in [2.45, 2.75) is 31.2 Å². The van der Waals surface area contributed by atoms with Crippen molar-refractivity contribution in [3.8, 4) is 0 Å². The highest BCUT2D eigenvalue weighted by molar-refractivity contribution is 8.26. The molecule has 2 aliphatic heterocycles. The smallest absolute Gasteiger partial charge is 0.322 e. The number of hydrogen-bond donors (Lipinski definition) is 2. The van der Waals surface area contributed by atoms with Crippen LogP contribution in [0.1, 0.15) is 36.3 Å². The summed E-state index contributed by atoms with van der Waals surface area (Å²) in [5.74, 6) is -1.59. The number of thiocarbonyl (C=S) groups is 1. The average Bonchev–Trinajstić information content (AvgIpc) is 3.48. The van der Waals surface area contributed by atoms with Crippen LogP contribution >= 0.6 is 24.0 Å². The van der Waals surface area contributed by atoms with Gasteiger partial charge in [0.25, 0.3) is 5.91 Å². The lowest BCUT2D eigenvalue weighted by Crippen LogP contribution is -2.41. The van der Waals surface area contributed by atoms with Gasteiger partial charge in [0.2, 0.25) is 5.91 Å². The number of fused-ring (bicyclic) bond motifs is 3. The van der Waals surface area contributed by atoms with E-state index in [0.717, 1.165) is 30.2 Å². The van der Waals surface area contributed by atoms with Crippen molar-refractivity contribution < 1.29 is 19.5 Å². The van der Waals surface area contributed by atoms with Crippen LogP contribution in [0.5, 0.6) is 0 Å². The maximum Gasteiger partial charge on any atom is 0.322 e. The van der Waals surface area contributed by atoms with Gasteiger partial charge in [0.15, 0.2) is 0 Å². The van der Waals surface area contributed by atoms with Gasteiger partial charge >= 0.3 is 5.97 Å². The molecule has 9 heteroatoms. The van der Waals surface area contributed by atoms with E-state index in [9.17, 15) is 14.4 Å². The molecule has 34 heavy (non-hydrogen) atoms. The zero-order chi connectivity index (χ0) is 23.8. The van der Waals surface area contributed by atoms with Crippen LogP contribution in [0, 0.1) is 0 Å². The molecule has 2 unspecified atom stereocenters. The molecule has 1 saturated carbocycles. The number of nitrogens with one attached hydrogen (secondary N) is 1. The zero-order valence-electron chi connectivity index (χ0n) is 18.3. The number of anilines is 2. The Bertz CT molecular complexity index is 1210. The van der Waals surface area contributed by atoms with Crippen LogP contribution in [0.2, 0.25) is 0 Å². The Labute approximate surface area is 206 Å². The average molecular weight is 494 g/mol. The normalized spacial score (nSPS) is 22.3. The quantitative estimate of drug-likeness (QED) is 0.466. The van der Waals surface area contributed by atoms with E-state index in [1.807, 2.05) is 18.2 Å². The Morgan fingerprint density at radius 3 is 2.74 bits per heavy atom. The van der Waals surface area contributed by atoms with Crippen LogP contribution in [0.3, 0.4) is 0 Å². The predicted molar refractivity (Wildman–Crippen MR) is 136 cm³/mol. The van der Waals surface area contributed by atoms with Crippen LogP contribution in [0.15, 0.2) is 53.4 Å². The highest BCUT2D eigenvalue weighted by Crippen LogP contribution is 2.52. The minimum absolute atomic E-state index is 0.286. The van der Waals surface area contributed by atoms with Crippen LogP contribution < -0.4 is 10.2 Å². The molecule has 3 aliphatic rings. The molecule has 2 aromatic rings. The largest absolute Gasteiger partial charge is 0.480 e. The Kier molecular flexibility index (Phi) is 6.14. The molecule has 1 saturated heterocycles. The number of nitrogens with zero attached hydrogens (tertiary/aromatic N) is 2. The summed E-state index contributed by atoms with van der Waals surface area (Å²) in [4.78, 5) is 39.6. The number of aliphatic carboxylic acids is 1. The molecule has 2 fully saturated rings. The van der Waals surface area contributed by atoms with Gasteiger partial charge in [-0.15, -0.1) is 0 Å². The number of carbonyl (C=O) groups excluding carboxylic acids is 2. The molecule has 0 aromatic heterocycles. The molecule has 7 nitrogen and oxygen atoms in total. The zero-order valence-corrected chi connectivity index (χ0v) is 19.9. The molecule has 0 bridgehead atoms. The van der Waals surface area contributed by atoms with Crippen molar-refractivity contribution in [2.75, 3.05) is 18.0 Å². The van der Waals surface area contributed by atoms with Gasteiger partial charge in [-0.25, -0.2) is 0 Å². The number of amides is 2. The summed E-state index contributed by atoms with van der Waals surface area (Å²) in [6.07, 6.45) is 5.33. The lowest BCUT2D eigenvalue weighted by Gasteiger charge is -2.27. The molecule has 0 spiro atoms. The number of carboxylic acids is 1. The number of benzene rings is 2.